The summed E-state index contributed by atoms with van der Waals surface area (Å²) in [6.07, 6.45) is -1.19. The molecule has 1 fully saturated rings. The van der Waals surface area contributed by atoms with Gasteiger partial charge < -0.3 is 16.2 Å². The van der Waals surface area contributed by atoms with Gasteiger partial charge in [-0.05, 0) is 43.0 Å². The lowest BCUT2D eigenvalue weighted by molar-refractivity contribution is -0.133. The smallest absolute Gasteiger partial charge is 0.268 e. The number of rotatable bonds is 6. The molecule has 1 aromatic carbocycles. The first kappa shape index (κ1) is 21.9. The van der Waals surface area contributed by atoms with Crippen LogP contribution in [-0.4, -0.2) is 64.7 Å². The Hall–Kier alpha value is -3.37. The van der Waals surface area contributed by atoms with Crippen LogP contribution in [0.15, 0.2) is 24.3 Å². The van der Waals surface area contributed by atoms with Crippen molar-refractivity contribution in [3.05, 3.63) is 35.4 Å². The van der Waals surface area contributed by atoms with E-state index in [-0.39, 0.29) is 23.9 Å². The lowest BCUT2D eigenvalue weighted by atomic mass is 10.0. The van der Waals surface area contributed by atoms with Crippen LogP contribution in [0.4, 0.5) is 0 Å². The number of aliphatic hydroxyl groups excluding tert-OH is 1. The molecule has 1 aliphatic heterocycles. The average Bonchev–Trinajstić information content (AvgIpc) is 2.66. The van der Waals surface area contributed by atoms with Crippen molar-refractivity contribution < 1.29 is 24.7 Å². The van der Waals surface area contributed by atoms with Crippen molar-refractivity contribution in [3.63, 3.8) is 0 Å². The number of primary amides is 1. The average molecular weight is 398 g/mol. The first-order valence-electron chi connectivity index (χ1n) is 8.85. The number of nitrogens with zero attached hydrogens (tertiary/aromatic N) is 1. The standard InChI is InChI=1S/C20H22N4O5/c1-13(25)18(20(28)23-29)22-19(27)16-8-6-14(7-9-16)4-2-3-5-15-10-24(11-15)12-17(21)26/h6-9,13,15,18,25,29H,10-12H2,1H3,(H2,21,26)(H,22,27)(H,23,28)/t13-,18?/m1/s1. The molecule has 0 spiro atoms. The van der Waals surface area contributed by atoms with Gasteiger partial charge in [-0.1, -0.05) is 11.8 Å². The number of nitrogens with two attached hydrogens (primary N) is 1. The summed E-state index contributed by atoms with van der Waals surface area (Å²) in [5.74, 6) is 9.71. The third-order valence-electron chi connectivity index (χ3n) is 4.19. The van der Waals surface area contributed by atoms with Crippen molar-refractivity contribution >= 4 is 17.7 Å². The highest BCUT2D eigenvalue weighted by atomic mass is 16.5. The second kappa shape index (κ2) is 10.2. The predicted octanol–water partition coefficient (Wildman–Crippen LogP) is -1.56. The monoisotopic (exact) mass is 398 g/mol. The lowest BCUT2D eigenvalue weighted by Crippen LogP contribution is -2.51. The van der Waals surface area contributed by atoms with Gasteiger partial charge in [0.25, 0.3) is 11.8 Å². The number of nitrogens with one attached hydrogen (secondary N) is 2. The zero-order chi connectivity index (χ0) is 21.4. The molecule has 0 aromatic heterocycles. The molecule has 3 amide bonds. The largest absolute Gasteiger partial charge is 0.391 e. The molecular formula is C20H22N4O5. The number of carbonyl (C=O) groups excluding carboxylic acids is 3. The van der Waals surface area contributed by atoms with E-state index in [1.807, 2.05) is 4.90 Å². The molecule has 9 nitrogen and oxygen atoms in total. The third kappa shape index (κ3) is 6.63. The minimum atomic E-state index is -1.28. The molecule has 2 rings (SSSR count). The summed E-state index contributed by atoms with van der Waals surface area (Å²) in [5, 5.41) is 20.6. The highest BCUT2D eigenvalue weighted by Gasteiger charge is 2.26. The molecule has 9 heteroatoms. The van der Waals surface area contributed by atoms with E-state index in [0.29, 0.717) is 18.7 Å². The second-order valence-corrected chi connectivity index (χ2v) is 6.62. The van der Waals surface area contributed by atoms with Gasteiger partial charge in [0.05, 0.1) is 12.6 Å². The number of carbonyl (C=O) groups is 3. The number of amides is 3. The van der Waals surface area contributed by atoms with E-state index in [9.17, 15) is 19.5 Å². The number of hydrogen-bond acceptors (Lipinski definition) is 6. The topological polar surface area (TPSA) is 145 Å². The highest BCUT2D eigenvalue weighted by Crippen LogP contribution is 2.12. The van der Waals surface area contributed by atoms with Crippen LogP contribution in [-0.2, 0) is 9.59 Å². The number of benzene rings is 1. The van der Waals surface area contributed by atoms with Gasteiger partial charge >= 0.3 is 0 Å². The van der Waals surface area contributed by atoms with Crippen LogP contribution in [0.5, 0.6) is 0 Å². The Morgan fingerprint density at radius 3 is 2.45 bits per heavy atom. The van der Waals surface area contributed by atoms with Gasteiger partial charge in [0.2, 0.25) is 5.91 Å². The lowest BCUT2D eigenvalue weighted by Gasteiger charge is -2.34. The fourth-order valence-electron chi connectivity index (χ4n) is 2.66. The summed E-state index contributed by atoms with van der Waals surface area (Å²) in [6, 6.07) is 5.02. The molecule has 1 aromatic rings. The number of aliphatic hydroxyl groups is 1. The van der Waals surface area contributed by atoms with Crippen molar-refractivity contribution in [1.29, 1.82) is 0 Å². The normalized spacial score (nSPS) is 15.4. The van der Waals surface area contributed by atoms with Gasteiger partial charge in [-0.15, -0.1) is 0 Å². The summed E-state index contributed by atoms with van der Waals surface area (Å²) in [6.45, 7) is 2.96. The van der Waals surface area contributed by atoms with Crippen molar-refractivity contribution in [2.24, 2.45) is 11.7 Å². The molecule has 2 atom stereocenters. The molecule has 0 bridgehead atoms. The van der Waals surface area contributed by atoms with Crippen molar-refractivity contribution in [2.75, 3.05) is 19.6 Å². The van der Waals surface area contributed by atoms with Gasteiger partial charge in [0.1, 0.15) is 6.04 Å². The Bertz CT molecular complexity index is 883. The molecule has 1 unspecified atom stereocenters. The maximum Gasteiger partial charge on any atom is 0.268 e. The second-order valence-electron chi connectivity index (χ2n) is 6.62. The molecule has 1 heterocycles. The maximum atomic E-state index is 12.2. The predicted molar refractivity (Wildman–Crippen MR) is 103 cm³/mol. The molecule has 1 saturated heterocycles. The fourth-order valence-corrected chi connectivity index (χ4v) is 2.66. The summed E-state index contributed by atoms with van der Waals surface area (Å²) in [5.41, 5.74) is 7.44. The minimum Gasteiger partial charge on any atom is -0.391 e. The summed E-state index contributed by atoms with van der Waals surface area (Å²) < 4.78 is 0. The zero-order valence-electron chi connectivity index (χ0n) is 15.8. The molecule has 6 N–H and O–H groups in total. The van der Waals surface area contributed by atoms with E-state index in [1.165, 1.54) is 24.5 Å². The Morgan fingerprint density at radius 2 is 1.90 bits per heavy atom. The van der Waals surface area contributed by atoms with Crippen LogP contribution < -0.4 is 16.5 Å². The Labute approximate surface area is 168 Å². The maximum absolute atomic E-state index is 12.2. The highest BCUT2D eigenvalue weighted by molar-refractivity contribution is 5.97. The van der Waals surface area contributed by atoms with E-state index >= 15 is 0 Å². The van der Waals surface area contributed by atoms with Crippen LogP contribution >= 0.6 is 0 Å². The molecule has 0 aliphatic carbocycles. The number of hydroxylamine groups is 1. The van der Waals surface area contributed by atoms with E-state index in [0.717, 1.165) is 0 Å². The minimum absolute atomic E-state index is 0.174. The Morgan fingerprint density at radius 1 is 1.24 bits per heavy atom. The zero-order valence-corrected chi connectivity index (χ0v) is 15.8. The van der Waals surface area contributed by atoms with Crippen LogP contribution in [0.2, 0.25) is 0 Å². The van der Waals surface area contributed by atoms with Gasteiger partial charge in [-0.25, -0.2) is 5.48 Å². The quantitative estimate of drug-likeness (QED) is 0.223. The van der Waals surface area contributed by atoms with Gasteiger partial charge in [-0.2, -0.15) is 0 Å². The molecule has 1 aliphatic rings. The van der Waals surface area contributed by atoms with E-state index in [1.54, 1.807) is 12.1 Å². The summed E-state index contributed by atoms with van der Waals surface area (Å²) in [7, 11) is 0. The first-order valence-corrected chi connectivity index (χ1v) is 8.85. The van der Waals surface area contributed by atoms with Crippen molar-refractivity contribution in [3.8, 4) is 23.7 Å². The summed E-state index contributed by atoms with van der Waals surface area (Å²) in [4.78, 5) is 36.3. The van der Waals surface area contributed by atoms with Crippen molar-refractivity contribution in [2.45, 2.75) is 19.1 Å². The van der Waals surface area contributed by atoms with Crippen molar-refractivity contribution in [1.82, 2.24) is 15.7 Å². The first-order chi connectivity index (χ1) is 13.8. The van der Waals surface area contributed by atoms with E-state index in [4.69, 9.17) is 10.9 Å². The molecular weight excluding hydrogens is 376 g/mol. The van der Waals surface area contributed by atoms with Gasteiger partial charge in [0, 0.05) is 30.1 Å². The Balaban J connectivity index is 1.89. The van der Waals surface area contributed by atoms with Crippen LogP contribution in [0.3, 0.4) is 0 Å². The third-order valence-corrected chi connectivity index (χ3v) is 4.19. The molecule has 29 heavy (non-hydrogen) atoms. The molecule has 0 saturated carbocycles. The van der Waals surface area contributed by atoms with E-state index in [2.05, 4.69) is 29.0 Å². The number of hydrogen-bond donors (Lipinski definition) is 5. The van der Waals surface area contributed by atoms with Crippen LogP contribution in [0.1, 0.15) is 22.8 Å². The molecule has 152 valence electrons. The van der Waals surface area contributed by atoms with Crippen LogP contribution in [0, 0.1) is 29.6 Å². The SMILES string of the molecule is C[C@@H](O)C(NC(=O)c1ccc(C#CC#CC2CN(CC(N)=O)C2)cc1)C(=O)NO. The summed E-state index contributed by atoms with van der Waals surface area (Å²) >= 11 is 0. The van der Waals surface area contributed by atoms with Gasteiger partial charge in [-0.3, -0.25) is 24.5 Å². The van der Waals surface area contributed by atoms with Crippen LogP contribution in [0.25, 0.3) is 0 Å². The fraction of sp³-hybridized carbons (Fsp3) is 0.350. The number of likely N-dealkylation sites (tertiary alicyclic amines) is 1. The van der Waals surface area contributed by atoms with E-state index < -0.39 is 24.0 Å². The molecule has 0 radical (unpaired) electrons. The van der Waals surface area contributed by atoms with Gasteiger partial charge in [0.15, 0.2) is 0 Å². The Kier molecular flexibility index (Phi) is 7.75.